The minimum Gasteiger partial charge on any atom is -0.349 e. The molecule has 6 heteroatoms. The molecule has 3 rings (SSSR count). The maximum atomic E-state index is 11.7. The predicted octanol–water partition coefficient (Wildman–Crippen LogP) is 1.31. The Morgan fingerprint density at radius 1 is 1.35 bits per heavy atom. The number of aromatic nitrogens is 2. The monoisotopic (exact) mass is 252 g/mol. The molecule has 1 unspecified atom stereocenters. The third-order valence-corrected chi connectivity index (χ3v) is 3.29. The molecule has 2 fully saturated rings. The molecule has 0 radical (unpaired) electrons. The van der Waals surface area contributed by atoms with Crippen molar-refractivity contribution in [1.82, 2.24) is 14.9 Å². The van der Waals surface area contributed by atoms with E-state index in [1.165, 1.54) is 0 Å². The summed E-state index contributed by atoms with van der Waals surface area (Å²) in [6.45, 7) is 0.759. The van der Waals surface area contributed by atoms with E-state index in [9.17, 15) is 4.79 Å². The fourth-order valence-electron chi connectivity index (χ4n) is 2.14. The molecular weight excluding hydrogens is 240 g/mol. The van der Waals surface area contributed by atoms with E-state index < -0.39 is 0 Å². The Balaban J connectivity index is 1.62. The SMILES string of the molecule is O=C1CC(Nc2ncc(Cl)cn2)CN1C1CC1. The maximum absolute atomic E-state index is 11.7. The van der Waals surface area contributed by atoms with Crippen LogP contribution in [0.25, 0.3) is 0 Å². The van der Waals surface area contributed by atoms with Crippen LogP contribution in [-0.2, 0) is 4.79 Å². The molecule has 0 bridgehead atoms. The summed E-state index contributed by atoms with van der Waals surface area (Å²) < 4.78 is 0. The lowest BCUT2D eigenvalue weighted by molar-refractivity contribution is -0.128. The highest BCUT2D eigenvalue weighted by Gasteiger charge is 2.39. The van der Waals surface area contributed by atoms with Gasteiger partial charge < -0.3 is 10.2 Å². The van der Waals surface area contributed by atoms with E-state index in [2.05, 4.69) is 15.3 Å². The van der Waals surface area contributed by atoms with Gasteiger partial charge in [-0.2, -0.15) is 0 Å². The summed E-state index contributed by atoms with van der Waals surface area (Å²) in [4.78, 5) is 21.8. The number of rotatable bonds is 3. The molecule has 2 aliphatic rings. The summed E-state index contributed by atoms with van der Waals surface area (Å²) in [7, 11) is 0. The lowest BCUT2D eigenvalue weighted by Crippen LogP contribution is -2.30. The van der Waals surface area contributed by atoms with Crippen LogP contribution < -0.4 is 5.32 Å². The van der Waals surface area contributed by atoms with E-state index in [1.807, 2.05) is 4.90 Å². The molecule has 5 nitrogen and oxygen atoms in total. The molecule has 0 spiro atoms. The first-order valence-electron chi connectivity index (χ1n) is 5.76. The van der Waals surface area contributed by atoms with Crippen molar-refractivity contribution in [1.29, 1.82) is 0 Å². The van der Waals surface area contributed by atoms with Crippen molar-refractivity contribution in [2.75, 3.05) is 11.9 Å². The van der Waals surface area contributed by atoms with E-state index in [-0.39, 0.29) is 11.9 Å². The number of carbonyl (C=O) groups is 1. The Bertz CT molecular complexity index is 432. The fourth-order valence-corrected chi connectivity index (χ4v) is 2.23. The van der Waals surface area contributed by atoms with Crippen molar-refractivity contribution < 1.29 is 4.79 Å². The first-order valence-corrected chi connectivity index (χ1v) is 6.14. The van der Waals surface area contributed by atoms with Crippen LogP contribution in [0.2, 0.25) is 5.02 Å². The van der Waals surface area contributed by atoms with Crippen LogP contribution in [0.4, 0.5) is 5.95 Å². The summed E-state index contributed by atoms with van der Waals surface area (Å²) >= 11 is 5.71. The van der Waals surface area contributed by atoms with Gasteiger partial charge in [0.15, 0.2) is 0 Å². The van der Waals surface area contributed by atoms with E-state index in [0.29, 0.717) is 23.4 Å². The van der Waals surface area contributed by atoms with Crippen LogP contribution in [0.5, 0.6) is 0 Å². The number of likely N-dealkylation sites (tertiary alicyclic amines) is 1. The van der Waals surface area contributed by atoms with Crippen molar-refractivity contribution in [3.05, 3.63) is 17.4 Å². The van der Waals surface area contributed by atoms with Crippen LogP contribution in [-0.4, -0.2) is 39.4 Å². The number of amides is 1. The molecule has 1 aliphatic heterocycles. The van der Waals surface area contributed by atoms with Gasteiger partial charge in [0.1, 0.15) is 0 Å². The van der Waals surface area contributed by atoms with Gasteiger partial charge in [-0.1, -0.05) is 11.6 Å². The first-order chi connectivity index (χ1) is 8.22. The molecule has 1 amide bonds. The molecule has 0 aromatic carbocycles. The van der Waals surface area contributed by atoms with Crippen LogP contribution in [0, 0.1) is 0 Å². The molecule has 90 valence electrons. The molecule has 1 atom stereocenters. The summed E-state index contributed by atoms with van der Waals surface area (Å²) in [5.41, 5.74) is 0. The Morgan fingerprint density at radius 2 is 2.06 bits per heavy atom. The number of hydrogen-bond donors (Lipinski definition) is 1. The summed E-state index contributed by atoms with van der Waals surface area (Å²) in [5.74, 6) is 0.767. The molecule has 2 heterocycles. The zero-order valence-electron chi connectivity index (χ0n) is 9.27. The average Bonchev–Trinajstić information content (AvgIpc) is 3.08. The lowest BCUT2D eigenvalue weighted by Gasteiger charge is -2.15. The zero-order valence-corrected chi connectivity index (χ0v) is 10.0. The maximum Gasteiger partial charge on any atom is 0.225 e. The van der Waals surface area contributed by atoms with Crippen LogP contribution in [0.1, 0.15) is 19.3 Å². The zero-order chi connectivity index (χ0) is 11.8. The highest BCUT2D eigenvalue weighted by atomic mass is 35.5. The first kappa shape index (κ1) is 10.8. The van der Waals surface area contributed by atoms with E-state index >= 15 is 0 Å². The Kier molecular flexibility index (Phi) is 2.63. The molecule has 17 heavy (non-hydrogen) atoms. The molecule has 1 aromatic heterocycles. The third-order valence-electron chi connectivity index (χ3n) is 3.10. The number of anilines is 1. The van der Waals surface area contributed by atoms with Crippen molar-refractivity contribution in [2.45, 2.75) is 31.3 Å². The predicted molar refractivity (Wildman–Crippen MR) is 63.8 cm³/mol. The standard InChI is InChI=1S/C11H13ClN4O/c12-7-4-13-11(14-5-7)15-8-3-10(17)16(6-8)9-1-2-9/h4-5,8-9H,1-3,6H2,(H,13,14,15). The van der Waals surface area contributed by atoms with Gasteiger partial charge in [-0.25, -0.2) is 9.97 Å². The number of halogens is 1. The Labute approximate surface area is 104 Å². The topological polar surface area (TPSA) is 58.1 Å². The Morgan fingerprint density at radius 3 is 2.71 bits per heavy atom. The second kappa shape index (κ2) is 4.14. The number of hydrogen-bond acceptors (Lipinski definition) is 4. The van der Waals surface area contributed by atoms with Gasteiger partial charge in [0.2, 0.25) is 11.9 Å². The number of nitrogens with one attached hydrogen (secondary N) is 1. The largest absolute Gasteiger partial charge is 0.349 e. The van der Waals surface area contributed by atoms with Gasteiger partial charge >= 0.3 is 0 Å². The summed E-state index contributed by atoms with van der Waals surface area (Å²) in [6, 6.07) is 0.602. The summed E-state index contributed by atoms with van der Waals surface area (Å²) in [6.07, 6.45) is 5.92. The second-order valence-corrected chi connectivity index (χ2v) is 4.98. The van der Waals surface area contributed by atoms with Gasteiger partial charge in [-0.15, -0.1) is 0 Å². The molecule has 1 saturated heterocycles. The van der Waals surface area contributed by atoms with Crippen LogP contribution in [0.3, 0.4) is 0 Å². The van der Waals surface area contributed by atoms with E-state index in [0.717, 1.165) is 19.4 Å². The van der Waals surface area contributed by atoms with Crippen molar-refractivity contribution in [2.24, 2.45) is 0 Å². The molecule has 1 aromatic rings. The van der Waals surface area contributed by atoms with Crippen molar-refractivity contribution >= 4 is 23.5 Å². The number of carbonyl (C=O) groups excluding carboxylic acids is 1. The fraction of sp³-hybridized carbons (Fsp3) is 0.545. The van der Waals surface area contributed by atoms with Crippen LogP contribution >= 0.6 is 11.6 Å². The minimum atomic E-state index is 0.115. The van der Waals surface area contributed by atoms with Crippen molar-refractivity contribution in [3.8, 4) is 0 Å². The quantitative estimate of drug-likeness (QED) is 0.881. The highest BCUT2D eigenvalue weighted by molar-refractivity contribution is 6.30. The molecule has 1 saturated carbocycles. The lowest BCUT2D eigenvalue weighted by atomic mass is 10.3. The molecular formula is C11H13ClN4O. The normalized spacial score (nSPS) is 24.2. The van der Waals surface area contributed by atoms with E-state index in [1.54, 1.807) is 12.4 Å². The van der Waals surface area contributed by atoms with Gasteiger partial charge in [-0.05, 0) is 12.8 Å². The Hall–Kier alpha value is -1.36. The van der Waals surface area contributed by atoms with Gasteiger partial charge in [0.05, 0.1) is 23.5 Å². The molecule has 1 aliphatic carbocycles. The highest BCUT2D eigenvalue weighted by Crippen LogP contribution is 2.31. The average molecular weight is 253 g/mol. The van der Waals surface area contributed by atoms with Gasteiger partial charge in [0, 0.05) is 19.0 Å². The van der Waals surface area contributed by atoms with Crippen molar-refractivity contribution in [3.63, 3.8) is 0 Å². The number of nitrogens with zero attached hydrogens (tertiary/aromatic N) is 3. The minimum absolute atomic E-state index is 0.115. The second-order valence-electron chi connectivity index (χ2n) is 4.55. The summed E-state index contributed by atoms with van der Waals surface area (Å²) in [5, 5.41) is 3.68. The molecule has 1 N–H and O–H groups in total. The smallest absolute Gasteiger partial charge is 0.225 e. The van der Waals surface area contributed by atoms with Crippen LogP contribution in [0.15, 0.2) is 12.4 Å². The van der Waals surface area contributed by atoms with Gasteiger partial charge in [0.25, 0.3) is 0 Å². The third kappa shape index (κ3) is 2.34. The van der Waals surface area contributed by atoms with E-state index in [4.69, 9.17) is 11.6 Å². The van der Waals surface area contributed by atoms with Gasteiger partial charge in [-0.3, -0.25) is 4.79 Å².